The molecule has 3 atom stereocenters. The molecule has 1 aromatic rings. The topological polar surface area (TPSA) is 91.3 Å². The van der Waals surface area contributed by atoms with Crippen molar-refractivity contribution in [1.82, 2.24) is 0 Å². The first-order valence-electron chi connectivity index (χ1n) is 7.82. The molecule has 0 aromatic heterocycles. The molecule has 2 aliphatic rings. The first-order valence-corrected chi connectivity index (χ1v) is 8.70. The van der Waals surface area contributed by atoms with Crippen molar-refractivity contribution >= 4 is 23.7 Å². The lowest BCUT2D eigenvalue weighted by atomic mass is 9.76. The van der Waals surface area contributed by atoms with Gasteiger partial charge in [0.05, 0.1) is 11.9 Å². The summed E-state index contributed by atoms with van der Waals surface area (Å²) in [6, 6.07) is 9.17. The molecular weight excluding hydrogens is 348 g/mol. The molecule has 0 radical (unpaired) electrons. The van der Waals surface area contributed by atoms with Gasteiger partial charge in [-0.1, -0.05) is 18.2 Å². The zero-order chi connectivity index (χ0) is 18.2. The Balaban J connectivity index is 2.05. The number of esters is 2. The highest BCUT2D eigenvalue weighted by Crippen LogP contribution is 2.49. The first-order chi connectivity index (χ1) is 11.8. The summed E-state index contributed by atoms with van der Waals surface area (Å²) in [6.07, 6.45) is -2.30. The van der Waals surface area contributed by atoms with Gasteiger partial charge >= 0.3 is 11.9 Å². The highest BCUT2D eigenvalue weighted by Gasteiger charge is 2.69. The average molecular weight is 368 g/mol. The van der Waals surface area contributed by atoms with Crippen molar-refractivity contribution < 1.29 is 33.6 Å². The third-order valence-corrected chi connectivity index (χ3v) is 5.62. The van der Waals surface area contributed by atoms with Gasteiger partial charge in [0, 0.05) is 25.9 Å². The number of carbonyl (C=O) groups is 2. The van der Waals surface area contributed by atoms with Gasteiger partial charge in [0.25, 0.3) is 5.79 Å². The number of aliphatic hydroxyl groups is 1. The van der Waals surface area contributed by atoms with Crippen LogP contribution in [0.25, 0.3) is 0 Å². The van der Waals surface area contributed by atoms with E-state index in [0.29, 0.717) is 0 Å². The third kappa shape index (κ3) is 3.03. The van der Waals surface area contributed by atoms with Crippen LogP contribution >= 0.6 is 11.8 Å². The molecule has 0 aliphatic carbocycles. The van der Waals surface area contributed by atoms with E-state index in [-0.39, 0.29) is 6.61 Å². The number of rotatable bonds is 3. The second-order valence-corrected chi connectivity index (χ2v) is 7.57. The monoisotopic (exact) mass is 368 g/mol. The van der Waals surface area contributed by atoms with Crippen LogP contribution in [-0.4, -0.2) is 54.2 Å². The molecule has 8 heteroatoms. The van der Waals surface area contributed by atoms with E-state index >= 15 is 0 Å². The molecule has 0 bridgehead atoms. The van der Waals surface area contributed by atoms with E-state index in [1.807, 2.05) is 30.3 Å². The Morgan fingerprint density at radius 3 is 2.32 bits per heavy atom. The van der Waals surface area contributed by atoms with Crippen LogP contribution in [0.15, 0.2) is 35.2 Å². The molecule has 2 heterocycles. The van der Waals surface area contributed by atoms with E-state index in [4.69, 9.17) is 18.9 Å². The summed E-state index contributed by atoms with van der Waals surface area (Å²) < 4.78 is 21.4. The fourth-order valence-corrected chi connectivity index (χ4v) is 4.46. The summed E-state index contributed by atoms with van der Waals surface area (Å²) in [6.45, 7) is 2.69. The lowest BCUT2D eigenvalue weighted by Crippen LogP contribution is -2.69. The molecule has 136 valence electrons. The number of ether oxygens (including phenoxy) is 4. The fraction of sp³-hybridized carbons (Fsp3) is 0.529. The average Bonchev–Trinajstić information content (AvgIpc) is 2.54. The molecule has 3 rings (SSSR count). The van der Waals surface area contributed by atoms with Crippen LogP contribution in [0.1, 0.15) is 13.8 Å². The molecule has 1 aromatic carbocycles. The second kappa shape index (κ2) is 6.60. The summed E-state index contributed by atoms with van der Waals surface area (Å²) >= 11 is 1.20. The Morgan fingerprint density at radius 1 is 1.16 bits per heavy atom. The zero-order valence-electron chi connectivity index (χ0n) is 14.1. The molecule has 0 unspecified atom stereocenters. The molecule has 2 saturated heterocycles. The number of benzene rings is 1. The molecule has 7 nitrogen and oxygen atoms in total. The van der Waals surface area contributed by atoms with E-state index in [9.17, 15) is 14.7 Å². The van der Waals surface area contributed by atoms with Crippen LogP contribution in [-0.2, 0) is 28.5 Å². The Bertz CT molecular complexity index is 640. The van der Waals surface area contributed by atoms with E-state index < -0.39 is 40.8 Å². The number of cyclic esters (lactones) is 2. The zero-order valence-corrected chi connectivity index (χ0v) is 14.9. The van der Waals surface area contributed by atoms with Crippen LogP contribution in [0.5, 0.6) is 0 Å². The lowest BCUT2D eigenvalue weighted by molar-refractivity contribution is -0.279. The van der Waals surface area contributed by atoms with Gasteiger partial charge in [0.2, 0.25) is 5.41 Å². The maximum absolute atomic E-state index is 12.9. The van der Waals surface area contributed by atoms with Gasteiger partial charge in [-0.25, -0.2) is 0 Å². The van der Waals surface area contributed by atoms with Crippen molar-refractivity contribution in [2.24, 2.45) is 5.41 Å². The number of hydrogen-bond acceptors (Lipinski definition) is 8. The van der Waals surface area contributed by atoms with Gasteiger partial charge in [0.1, 0.15) is 6.10 Å². The van der Waals surface area contributed by atoms with Gasteiger partial charge in [-0.05, 0) is 12.1 Å². The van der Waals surface area contributed by atoms with E-state index in [2.05, 4.69) is 0 Å². The molecule has 1 spiro atoms. The van der Waals surface area contributed by atoms with Crippen LogP contribution < -0.4 is 0 Å². The van der Waals surface area contributed by atoms with Crippen LogP contribution in [0, 0.1) is 5.41 Å². The second-order valence-electron chi connectivity index (χ2n) is 6.35. The lowest BCUT2D eigenvalue weighted by Gasteiger charge is -2.49. The Hall–Kier alpha value is -1.61. The molecule has 2 fully saturated rings. The quantitative estimate of drug-likeness (QED) is 0.631. The van der Waals surface area contributed by atoms with Crippen molar-refractivity contribution in [3.63, 3.8) is 0 Å². The van der Waals surface area contributed by atoms with Gasteiger partial charge in [-0.2, -0.15) is 0 Å². The number of hydrogen-bond donors (Lipinski definition) is 1. The fourth-order valence-electron chi connectivity index (χ4n) is 3.02. The van der Waals surface area contributed by atoms with Crippen LogP contribution in [0.3, 0.4) is 0 Å². The number of carbonyl (C=O) groups excluding carboxylic acids is 2. The van der Waals surface area contributed by atoms with Gasteiger partial charge in [-0.15, -0.1) is 11.8 Å². The van der Waals surface area contributed by atoms with Crippen LogP contribution in [0.4, 0.5) is 0 Å². The van der Waals surface area contributed by atoms with Crippen molar-refractivity contribution in [1.29, 1.82) is 0 Å². The summed E-state index contributed by atoms with van der Waals surface area (Å²) in [5.74, 6) is -3.05. The minimum Gasteiger partial charge on any atom is -0.422 e. The molecular formula is C17H20O7S. The van der Waals surface area contributed by atoms with E-state index in [1.165, 1.54) is 32.7 Å². The smallest absolute Gasteiger partial charge is 0.330 e. The van der Waals surface area contributed by atoms with E-state index in [1.54, 1.807) is 0 Å². The third-order valence-electron chi connectivity index (χ3n) is 4.23. The molecule has 1 N–H and O–H groups in total. The number of thioether (sulfide) groups is 1. The summed E-state index contributed by atoms with van der Waals surface area (Å²) in [7, 11) is 1.41. The molecule has 2 aliphatic heterocycles. The van der Waals surface area contributed by atoms with E-state index in [0.717, 1.165) is 4.90 Å². The highest BCUT2D eigenvalue weighted by molar-refractivity contribution is 8.00. The Labute approximate surface area is 149 Å². The van der Waals surface area contributed by atoms with Crippen molar-refractivity contribution in [2.75, 3.05) is 13.7 Å². The predicted octanol–water partition coefficient (Wildman–Crippen LogP) is 1.33. The maximum Gasteiger partial charge on any atom is 0.330 e. The standard InChI is InChI=1S/C17H20O7S/c1-16(2)23-14(19)17(15(20)24-16)11(18)9-22-13(21-3)12(17)25-10-7-5-4-6-8-10/h4-8,11-13,18H,9H2,1-3H3/t11-,12+,13-/m1/s1. The van der Waals surface area contributed by atoms with Crippen molar-refractivity contribution in [3.05, 3.63) is 30.3 Å². The highest BCUT2D eigenvalue weighted by atomic mass is 32.2. The number of aliphatic hydroxyl groups excluding tert-OH is 1. The molecule has 0 saturated carbocycles. The number of methoxy groups -OCH3 is 1. The molecule has 0 amide bonds. The van der Waals surface area contributed by atoms with Gasteiger partial charge < -0.3 is 24.1 Å². The van der Waals surface area contributed by atoms with Gasteiger partial charge in [-0.3, -0.25) is 9.59 Å². The summed E-state index contributed by atoms with van der Waals surface area (Å²) in [5.41, 5.74) is -1.92. The minimum absolute atomic E-state index is 0.241. The summed E-state index contributed by atoms with van der Waals surface area (Å²) in [5, 5.41) is 9.69. The van der Waals surface area contributed by atoms with Crippen LogP contribution in [0.2, 0.25) is 0 Å². The summed E-state index contributed by atoms with van der Waals surface area (Å²) in [4.78, 5) is 26.5. The predicted molar refractivity (Wildman–Crippen MR) is 87.5 cm³/mol. The Morgan fingerprint density at radius 2 is 1.76 bits per heavy atom. The first kappa shape index (κ1) is 18.2. The normalized spacial score (nSPS) is 30.6. The van der Waals surface area contributed by atoms with Crippen molar-refractivity contribution in [3.8, 4) is 0 Å². The SMILES string of the molecule is CO[C@@H]1OC[C@@H](O)C2(C(=O)OC(C)(C)OC2=O)[C@H]1Sc1ccccc1. The minimum atomic E-state index is -1.92. The van der Waals surface area contributed by atoms with Gasteiger partial charge in [0.15, 0.2) is 6.29 Å². The maximum atomic E-state index is 12.9. The largest absolute Gasteiger partial charge is 0.422 e. The Kier molecular flexibility index (Phi) is 4.80. The molecule has 25 heavy (non-hydrogen) atoms. The van der Waals surface area contributed by atoms with Crippen molar-refractivity contribution in [2.45, 2.75) is 42.2 Å².